The fraction of sp³-hybridized carbons (Fsp3) is 0.444. The van der Waals surface area contributed by atoms with E-state index in [1.165, 1.54) is 0 Å². The number of aromatic amines is 1. The zero-order valence-electron chi connectivity index (χ0n) is 14.3. The van der Waals surface area contributed by atoms with Crippen LogP contribution >= 0.6 is 0 Å². The number of nitrogens with zero attached hydrogens (tertiary/aromatic N) is 2. The summed E-state index contributed by atoms with van der Waals surface area (Å²) < 4.78 is 11.2. The second-order valence-electron chi connectivity index (χ2n) is 6.67. The van der Waals surface area contributed by atoms with E-state index < -0.39 is 5.60 Å². The number of aromatic nitrogens is 2. The van der Waals surface area contributed by atoms with Crippen LogP contribution in [0.3, 0.4) is 0 Å². The van der Waals surface area contributed by atoms with Gasteiger partial charge in [-0.25, -0.2) is 0 Å². The molecule has 0 aliphatic carbocycles. The van der Waals surface area contributed by atoms with Crippen molar-refractivity contribution in [1.82, 2.24) is 15.1 Å². The molecular formula is C18H23N3O3. The molecule has 1 aromatic heterocycles. The number of methoxy groups -OCH3 is 1. The van der Waals surface area contributed by atoms with Gasteiger partial charge in [0, 0.05) is 25.8 Å². The molecule has 1 aliphatic rings. The molecule has 0 unspecified atom stereocenters. The molecule has 6 heteroatoms. The Morgan fingerprint density at radius 3 is 2.88 bits per heavy atom. The maximum atomic E-state index is 13.1. The minimum atomic E-state index is -0.409. The Labute approximate surface area is 141 Å². The number of hydrogen-bond acceptors (Lipinski definition) is 4. The Kier molecular flexibility index (Phi) is 4.69. The molecule has 0 saturated carbocycles. The molecule has 128 valence electrons. The first-order valence-corrected chi connectivity index (χ1v) is 8.05. The number of hydrogen-bond donors (Lipinski definition) is 1. The first kappa shape index (κ1) is 16.7. The summed E-state index contributed by atoms with van der Waals surface area (Å²) in [4.78, 5) is 14.9. The minimum absolute atomic E-state index is 0.0416. The largest absolute Gasteiger partial charge is 0.382 e. The predicted octanol–water partition coefficient (Wildman–Crippen LogP) is 2.34. The van der Waals surface area contributed by atoms with Gasteiger partial charge in [-0.05, 0) is 13.8 Å². The molecule has 1 N–H and O–H groups in total. The van der Waals surface area contributed by atoms with Crippen LogP contribution < -0.4 is 0 Å². The maximum Gasteiger partial charge on any atom is 0.257 e. The van der Waals surface area contributed by atoms with Gasteiger partial charge in [0.05, 0.1) is 35.8 Å². The van der Waals surface area contributed by atoms with Gasteiger partial charge in [0.2, 0.25) is 0 Å². The first-order valence-electron chi connectivity index (χ1n) is 8.05. The molecule has 1 aliphatic heterocycles. The van der Waals surface area contributed by atoms with E-state index in [0.29, 0.717) is 25.3 Å². The van der Waals surface area contributed by atoms with E-state index in [9.17, 15) is 4.79 Å². The van der Waals surface area contributed by atoms with Crippen LogP contribution in [-0.2, 0) is 9.47 Å². The Bertz CT molecular complexity index is 697. The van der Waals surface area contributed by atoms with Crippen LogP contribution in [0.5, 0.6) is 0 Å². The highest BCUT2D eigenvalue weighted by molar-refractivity contribution is 5.99. The molecule has 1 amide bonds. The molecule has 1 saturated heterocycles. The molecule has 1 aromatic carbocycles. The number of benzene rings is 1. The Morgan fingerprint density at radius 1 is 1.42 bits per heavy atom. The van der Waals surface area contributed by atoms with Crippen molar-refractivity contribution in [1.29, 1.82) is 0 Å². The fourth-order valence-electron chi connectivity index (χ4n) is 3.17. The van der Waals surface area contributed by atoms with Gasteiger partial charge in [0.1, 0.15) is 0 Å². The fourth-order valence-corrected chi connectivity index (χ4v) is 3.17. The second kappa shape index (κ2) is 6.75. The molecule has 0 radical (unpaired) electrons. The van der Waals surface area contributed by atoms with Gasteiger partial charge in [0.15, 0.2) is 0 Å². The number of carbonyl (C=O) groups is 1. The Hall–Kier alpha value is -2.18. The highest BCUT2D eigenvalue weighted by Crippen LogP contribution is 2.26. The molecular weight excluding hydrogens is 306 g/mol. The number of rotatable bonds is 4. The number of H-pyrrole nitrogens is 1. The van der Waals surface area contributed by atoms with E-state index in [1.807, 2.05) is 49.1 Å². The van der Waals surface area contributed by atoms with E-state index in [-0.39, 0.29) is 12.0 Å². The quantitative estimate of drug-likeness (QED) is 0.935. The number of morpholine rings is 1. The summed E-state index contributed by atoms with van der Waals surface area (Å²) in [6.45, 7) is 5.48. The van der Waals surface area contributed by atoms with Crippen molar-refractivity contribution < 1.29 is 14.3 Å². The van der Waals surface area contributed by atoms with Crippen molar-refractivity contribution in [3.63, 3.8) is 0 Å². The molecule has 24 heavy (non-hydrogen) atoms. The molecule has 1 fully saturated rings. The predicted molar refractivity (Wildman–Crippen MR) is 90.8 cm³/mol. The summed E-state index contributed by atoms with van der Waals surface area (Å²) in [6.07, 6.45) is 1.47. The van der Waals surface area contributed by atoms with Crippen molar-refractivity contribution in [3.8, 4) is 11.3 Å². The zero-order chi connectivity index (χ0) is 17.2. The lowest BCUT2D eigenvalue weighted by atomic mass is 10.0. The van der Waals surface area contributed by atoms with Crippen molar-refractivity contribution in [3.05, 3.63) is 42.1 Å². The third-order valence-corrected chi connectivity index (χ3v) is 4.05. The van der Waals surface area contributed by atoms with Crippen LogP contribution in [-0.4, -0.2) is 59.5 Å². The van der Waals surface area contributed by atoms with Crippen LogP contribution in [0.1, 0.15) is 24.2 Å². The van der Waals surface area contributed by atoms with Crippen LogP contribution in [0.15, 0.2) is 36.5 Å². The van der Waals surface area contributed by atoms with Crippen LogP contribution in [0.25, 0.3) is 11.3 Å². The number of carbonyl (C=O) groups excluding carboxylic acids is 1. The molecule has 0 spiro atoms. The molecule has 0 bridgehead atoms. The third kappa shape index (κ3) is 3.49. The lowest BCUT2D eigenvalue weighted by molar-refractivity contribution is -0.143. The number of amides is 1. The van der Waals surface area contributed by atoms with E-state index in [2.05, 4.69) is 10.2 Å². The normalized spacial score (nSPS) is 20.1. The number of ether oxygens (including phenoxy) is 2. The highest BCUT2D eigenvalue weighted by atomic mass is 16.5. The molecule has 2 aromatic rings. The highest BCUT2D eigenvalue weighted by Gasteiger charge is 2.36. The van der Waals surface area contributed by atoms with Crippen molar-refractivity contribution in [2.24, 2.45) is 0 Å². The van der Waals surface area contributed by atoms with Gasteiger partial charge >= 0.3 is 0 Å². The van der Waals surface area contributed by atoms with Gasteiger partial charge in [0.25, 0.3) is 5.91 Å². The number of nitrogens with one attached hydrogen (secondary N) is 1. The summed E-state index contributed by atoms with van der Waals surface area (Å²) in [7, 11) is 1.64. The van der Waals surface area contributed by atoms with E-state index in [0.717, 1.165) is 11.3 Å². The van der Waals surface area contributed by atoms with Gasteiger partial charge < -0.3 is 14.4 Å². The minimum Gasteiger partial charge on any atom is -0.382 e. The van der Waals surface area contributed by atoms with E-state index in [4.69, 9.17) is 9.47 Å². The van der Waals surface area contributed by atoms with Crippen LogP contribution in [0.2, 0.25) is 0 Å². The summed E-state index contributed by atoms with van der Waals surface area (Å²) in [5.41, 5.74) is 1.86. The van der Waals surface area contributed by atoms with E-state index >= 15 is 0 Å². The van der Waals surface area contributed by atoms with Crippen molar-refractivity contribution in [2.45, 2.75) is 25.6 Å². The molecule has 3 rings (SSSR count). The maximum absolute atomic E-state index is 13.1. The monoisotopic (exact) mass is 329 g/mol. The molecule has 6 nitrogen and oxygen atoms in total. The Balaban J connectivity index is 1.85. The summed E-state index contributed by atoms with van der Waals surface area (Å²) in [5, 5.41) is 7.02. The average molecular weight is 329 g/mol. The van der Waals surface area contributed by atoms with Gasteiger partial charge in [-0.2, -0.15) is 5.10 Å². The van der Waals surface area contributed by atoms with Crippen LogP contribution in [0, 0.1) is 0 Å². The topological polar surface area (TPSA) is 67.5 Å². The molecule has 2 heterocycles. The van der Waals surface area contributed by atoms with Crippen molar-refractivity contribution >= 4 is 5.91 Å². The third-order valence-electron chi connectivity index (χ3n) is 4.05. The second-order valence-corrected chi connectivity index (χ2v) is 6.67. The summed E-state index contributed by atoms with van der Waals surface area (Å²) in [6, 6.07) is 9.75. The van der Waals surface area contributed by atoms with Crippen LogP contribution in [0.4, 0.5) is 0 Å². The van der Waals surface area contributed by atoms with Gasteiger partial charge in [-0.3, -0.25) is 9.89 Å². The molecule has 1 atom stereocenters. The SMILES string of the molecule is COC[C@@H]1CN(C(=O)c2cn[nH]c2-c2ccccc2)CC(C)(C)O1. The lowest BCUT2D eigenvalue weighted by Crippen LogP contribution is -2.55. The zero-order valence-corrected chi connectivity index (χ0v) is 14.3. The van der Waals surface area contributed by atoms with Gasteiger partial charge in [-0.15, -0.1) is 0 Å². The lowest BCUT2D eigenvalue weighted by Gasteiger charge is -2.42. The average Bonchev–Trinajstić information content (AvgIpc) is 3.03. The van der Waals surface area contributed by atoms with Gasteiger partial charge in [-0.1, -0.05) is 30.3 Å². The first-order chi connectivity index (χ1) is 11.5. The van der Waals surface area contributed by atoms with E-state index in [1.54, 1.807) is 13.3 Å². The van der Waals surface area contributed by atoms with Crippen molar-refractivity contribution in [2.75, 3.05) is 26.8 Å². The smallest absolute Gasteiger partial charge is 0.257 e. The summed E-state index contributed by atoms with van der Waals surface area (Å²) in [5.74, 6) is -0.0416. The standard InChI is InChI=1S/C18H23N3O3/c1-18(2)12-21(10-14(24-18)11-23-3)17(22)15-9-19-20-16(15)13-7-5-4-6-8-13/h4-9,14H,10-12H2,1-3H3,(H,19,20)/t14-/m0/s1. The Morgan fingerprint density at radius 2 is 2.17 bits per heavy atom. The summed E-state index contributed by atoms with van der Waals surface area (Å²) >= 11 is 0.